The van der Waals surface area contributed by atoms with Crippen molar-refractivity contribution in [3.05, 3.63) is 24.4 Å². The maximum absolute atomic E-state index is 10.5. The maximum atomic E-state index is 10.5. The zero-order chi connectivity index (χ0) is 9.90. The van der Waals surface area contributed by atoms with Gasteiger partial charge >= 0.3 is 0 Å². The minimum atomic E-state index is -2.28. The van der Waals surface area contributed by atoms with Crippen molar-refractivity contribution in [1.29, 1.82) is 0 Å². The molecule has 0 saturated carbocycles. The fraction of sp³-hybridized carbons (Fsp3) is 0.429. The highest BCUT2D eigenvalue weighted by Gasteiger charge is 2.27. The Morgan fingerprint density at radius 2 is 2.31 bits per heavy atom. The summed E-state index contributed by atoms with van der Waals surface area (Å²) >= 11 is -0.734. The van der Waals surface area contributed by atoms with Crippen LogP contribution in [0.1, 0.15) is 6.92 Å². The second kappa shape index (κ2) is 4.28. The van der Waals surface area contributed by atoms with Gasteiger partial charge in [-0.3, -0.25) is 9.22 Å². The van der Waals surface area contributed by atoms with Crippen LogP contribution in [0, 0.1) is 0 Å². The van der Waals surface area contributed by atoms with Gasteiger partial charge in [-0.2, -0.15) is 4.83 Å². The smallest absolute Gasteiger partial charge is 0.117 e. The fourth-order valence-electron chi connectivity index (χ4n) is 0.966. The first-order chi connectivity index (χ1) is 6.08. The molecule has 0 spiro atoms. The van der Waals surface area contributed by atoms with Crippen LogP contribution < -0.4 is 4.83 Å². The summed E-state index contributed by atoms with van der Waals surface area (Å²) in [4.78, 5) is 1.96. The molecule has 0 aromatic rings. The second-order valence-electron chi connectivity index (χ2n) is 2.66. The molecule has 1 heterocycles. The first-order valence-corrected chi connectivity index (χ1v) is 5.94. The lowest BCUT2D eigenvalue weighted by Crippen LogP contribution is -2.48. The van der Waals surface area contributed by atoms with Crippen LogP contribution >= 0.6 is 11.8 Å². The number of hydrogen-bond acceptors (Lipinski definition) is 4. The van der Waals surface area contributed by atoms with E-state index >= 15 is 0 Å². The SMILES string of the molecule is CSC1(C)C=CC=CN1NS(=O)[O-]. The Labute approximate surface area is 84.5 Å². The number of hydrogen-bond donors (Lipinski definition) is 1. The molecule has 0 bridgehead atoms. The number of rotatable bonds is 3. The van der Waals surface area contributed by atoms with E-state index in [1.165, 1.54) is 0 Å². The number of nitrogens with one attached hydrogen (secondary N) is 1. The highest BCUT2D eigenvalue weighted by molar-refractivity contribution is 8.00. The van der Waals surface area contributed by atoms with E-state index in [1.54, 1.807) is 29.0 Å². The van der Waals surface area contributed by atoms with Gasteiger partial charge in [0.15, 0.2) is 0 Å². The van der Waals surface area contributed by atoms with Crippen molar-refractivity contribution >= 4 is 23.0 Å². The average Bonchev–Trinajstić information content (AvgIpc) is 2.09. The summed E-state index contributed by atoms with van der Waals surface area (Å²) in [5.74, 6) is 0. The van der Waals surface area contributed by atoms with Gasteiger partial charge in [0.05, 0.1) is 0 Å². The van der Waals surface area contributed by atoms with Gasteiger partial charge in [-0.25, -0.2) is 0 Å². The van der Waals surface area contributed by atoms with Crippen LogP contribution in [0.25, 0.3) is 0 Å². The lowest BCUT2D eigenvalue weighted by atomic mass is 10.2. The Hall–Kier alpha value is -0.300. The van der Waals surface area contributed by atoms with E-state index in [9.17, 15) is 8.76 Å². The molecule has 0 aromatic carbocycles. The van der Waals surface area contributed by atoms with Gasteiger partial charge in [0, 0.05) is 17.5 Å². The van der Waals surface area contributed by atoms with Crippen molar-refractivity contribution in [2.45, 2.75) is 11.8 Å². The summed E-state index contributed by atoms with van der Waals surface area (Å²) in [6.07, 6.45) is 9.20. The van der Waals surface area contributed by atoms with E-state index in [0.29, 0.717) is 0 Å². The predicted molar refractivity (Wildman–Crippen MR) is 54.1 cm³/mol. The maximum Gasteiger partial charge on any atom is 0.117 e. The van der Waals surface area contributed by atoms with E-state index in [-0.39, 0.29) is 4.87 Å². The molecule has 0 radical (unpaired) electrons. The van der Waals surface area contributed by atoms with Crippen molar-refractivity contribution in [2.24, 2.45) is 0 Å². The number of thioether (sulfide) groups is 1. The molecule has 1 aliphatic rings. The zero-order valence-corrected chi connectivity index (χ0v) is 9.02. The van der Waals surface area contributed by atoms with Gasteiger partial charge in [-0.15, -0.1) is 11.8 Å². The Kier molecular flexibility index (Phi) is 3.55. The quantitative estimate of drug-likeness (QED) is 0.712. The van der Waals surface area contributed by atoms with Crippen LogP contribution in [-0.4, -0.2) is 24.9 Å². The first-order valence-electron chi connectivity index (χ1n) is 3.64. The van der Waals surface area contributed by atoms with Gasteiger partial charge in [-0.05, 0) is 25.3 Å². The lowest BCUT2D eigenvalue weighted by molar-refractivity contribution is 0.265. The van der Waals surface area contributed by atoms with Crippen LogP contribution in [0.5, 0.6) is 0 Å². The van der Waals surface area contributed by atoms with E-state index < -0.39 is 11.3 Å². The van der Waals surface area contributed by atoms with Gasteiger partial charge in [0.25, 0.3) is 0 Å². The molecule has 74 valence electrons. The molecule has 0 fully saturated rings. The van der Waals surface area contributed by atoms with Crippen LogP contribution in [0.4, 0.5) is 0 Å². The van der Waals surface area contributed by atoms with Gasteiger partial charge in [-0.1, -0.05) is 6.08 Å². The first kappa shape index (κ1) is 10.8. The van der Waals surface area contributed by atoms with Crippen LogP contribution in [0.2, 0.25) is 0 Å². The largest absolute Gasteiger partial charge is 0.759 e. The molecule has 13 heavy (non-hydrogen) atoms. The molecule has 1 rings (SSSR count). The monoisotopic (exact) mass is 219 g/mol. The Morgan fingerprint density at radius 1 is 1.62 bits per heavy atom. The predicted octanol–water partition coefficient (Wildman–Crippen LogP) is 0.750. The van der Waals surface area contributed by atoms with Crippen molar-refractivity contribution in [2.75, 3.05) is 6.26 Å². The number of nitrogens with zero attached hydrogens (tertiary/aromatic N) is 1. The minimum Gasteiger partial charge on any atom is -0.759 e. The molecule has 1 aliphatic heterocycles. The molecular weight excluding hydrogens is 208 g/mol. The lowest BCUT2D eigenvalue weighted by Gasteiger charge is -2.38. The summed E-state index contributed by atoms with van der Waals surface area (Å²) in [5.41, 5.74) is 0. The normalized spacial score (nSPS) is 29.3. The molecule has 6 heteroatoms. The summed E-state index contributed by atoms with van der Waals surface area (Å²) in [6.45, 7) is 1.93. The van der Waals surface area contributed by atoms with Gasteiger partial charge < -0.3 is 4.55 Å². The topological polar surface area (TPSA) is 55.4 Å². The Morgan fingerprint density at radius 3 is 2.85 bits per heavy atom. The third-order valence-corrected chi connectivity index (χ3v) is 3.32. The standard InChI is InChI=1S/C7H12N2O2S2/c1-7(12-2)5-3-4-6-9(7)8-13(10)11/h3-6,8H,1-2H3,(H,10,11)/p-1. The highest BCUT2D eigenvalue weighted by atomic mass is 32.2. The van der Waals surface area contributed by atoms with Gasteiger partial charge in [0.1, 0.15) is 4.87 Å². The summed E-state index contributed by atoms with van der Waals surface area (Å²) in [6, 6.07) is 0. The molecular formula is C7H11N2O2S2-. The van der Waals surface area contributed by atoms with E-state index in [0.717, 1.165) is 0 Å². The molecule has 0 saturated heterocycles. The summed E-state index contributed by atoms with van der Waals surface area (Å²) in [7, 11) is 0. The second-order valence-corrected chi connectivity index (χ2v) is 4.54. The van der Waals surface area contributed by atoms with Crippen molar-refractivity contribution in [3.63, 3.8) is 0 Å². The van der Waals surface area contributed by atoms with Crippen LogP contribution in [0.15, 0.2) is 24.4 Å². The Balaban J connectivity index is 2.76. The molecule has 4 nitrogen and oxygen atoms in total. The average molecular weight is 219 g/mol. The molecule has 2 unspecified atom stereocenters. The Bertz CT molecular complexity index is 267. The third-order valence-electron chi connectivity index (χ3n) is 1.82. The molecule has 2 atom stereocenters. The summed E-state index contributed by atoms with van der Waals surface area (Å²) < 4.78 is 20.9. The molecule has 0 aromatic heterocycles. The van der Waals surface area contributed by atoms with Crippen LogP contribution in [0.3, 0.4) is 0 Å². The molecule has 0 aliphatic carbocycles. The van der Waals surface area contributed by atoms with Gasteiger partial charge in [0.2, 0.25) is 0 Å². The van der Waals surface area contributed by atoms with E-state index in [4.69, 9.17) is 0 Å². The van der Waals surface area contributed by atoms with E-state index in [1.807, 2.05) is 25.3 Å². The fourth-order valence-corrected chi connectivity index (χ4v) is 1.95. The molecule has 0 amide bonds. The van der Waals surface area contributed by atoms with E-state index in [2.05, 4.69) is 4.83 Å². The summed E-state index contributed by atoms with van der Waals surface area (Å²) in [5, 5.41) is 1.54. The van der Waals surface area contributed by atoms with Crippen LogP contribution in [-0.2, 0) is 11.3 Å². The highest BCUT2D eigenvalue weighted by Crippen LogP contribution is 2.29. The number of hydrazine groups is 1. The van der Waals surface area contributed by atoms with Crippen molar-refractivity contribution in [3.8, 4) is 0 Å². The number of allylic oxidation sites excluding steroid dienone is 2. The third kappa shape index (κ3) is 2.57. The molecule has 1 N–H and O–H groups in total. The van der Waals surface area contributed by atoms with Crippen molar-refractivity contribution in [1.82, 2.24) is 9.84 Å². The van der Waals surface area contributed by atoms with Crippen molar-refractivity contribution < 1.29 is 8.76 Å². The zero-order valence-electron chi connectivity index (χ0n) is 7.39. The minimum absolute atomic E-state index is 0.352.